The topological polar surface area (TPSA) is 37.3 Å². The van der Waals surface area contributed by atoms with Crippen LogP contribution >= 0.6 is 0 Å². The van der Waals surface area contributed by atoms with Gasteiger partial charge in [-0.25, -0.2) is 0 Å². The number of hydrogen-bond acceptors (Lipinski definition) is 2. The SMILES string of the molecule is CCCCCC[C@H](O)CCC[C@@H](C)C=O. The minimum absolute atomic E-state index is 0.150. The van der Waals surface area contributed by atoms with Gasteiger partial charge >= 0.3 is 0 Å². The first-order valence-corrected chi connectivity index (χ1v) is 6.34. The maximum absolute atomic E-state index is 10.4. The summed E-state index contributed by atoms with van der Waals surface area (Å²) in [6, 6.07) is 0. The molecule has 0 aromatic heterocycles. The molecule has 0 aliphatic carbocycles. The second-order valence-electron chi connectivity index (χ2n) is 4.55. The van der Waals surface area contributed by atoms with E-state index >= 15 is 0 Å². The van der Waals surface area contributed by atoms with Gasteiger partial charge in [-0.15, -0.1) is 0 Å². The van der Waals surface area contributed by atoms with Crippen molar-refractivity contribution in [3.63, 3.8) is 0 Å². The van der Waals surface area contributed by atoms with Gasteiger partial charge in [0.25, 0.3) is 0 Å². The van der Waals surface area contributed by atoms with Gasteiger partial charge in [-0.3, -0.25) is 0 Å². The number of hydrogen-bond donors (Lipinski definition) is 1. The minimum atomic E-state index is -0.152. The van der Waals surface area contributed by atoms with Crippen molar-refractivity contribution in [2.24, 2.45) is 5.92 Å². The number of carbonyl (C=O) groups excluding carboxylic acids is 1. The largest absolute Gasteiger partial charge is 0.393 e. The average molecular weight is 214 g/mol. The Morgan fingerprint density at radius 2 is 1.73 bits per heavy atom. The van der Waals surface area contributed by atoms with Crippen molar-refractivity contribution < 1.29 is 9.90 Å². The number of aliphatic hydroxyl groups excluding tert-OH is 1. The molecule has 0 bridgehead atoms. The normalized spacial score (nSPS) is 14.9. The van der Waals surface area contributed by atoms with Crippen LogP contribution in [-0.2, 0) is 4.79 Å². The van der Waals surface area contributed by atoms with Gasteiger partial charge in [0.15, 0.2) is 0 Å². The molecule has 0 saturated carbocycles. The summed E-state index contributed by atoms with van der Waals surface area (Å²) in [4.78, 5) is 10.4. The second-order valence-corrected chi connectivity index (χ2v) is 4.55. The van der Waals surface area contributed by atoms with Crippen molar-refractivity contribution in [3.05, 3.63) is 0 Å². The molecule has 0 fully saturated rings. The highest BCUT2D eigenvalue weighted by Gasteiger charge is 2.05. The van der Waals surface area contributed by atoms with Gasteiger partial charge in [-0.2, -0.15) is 0 Å². The minimum Gasteiger partial charge on any atom is -0.393 e. The van der Waals surface area contributed by atoms with E-state index in [0.29, 0.717) is 0 Å². The average Bonchev–Trinajstić information content (AvgIpc) is 2.24. The first-order valence-electron chi connectivity index (χ1n) is 6.34. The van der Waals surface area contributed by atoms with Crippen molar-refractivity contribution in [1.82, 2.24) is 0 Å². The van der Waals surface area contributed by atoms with Crippen LogP contribution in [0.1, 0.15) is 65.2 Å². The lowest BCUT2D eigenvalue weighted by atomic mass is 10.0. The van der Waals surface area contributed by atoms with Gasteiger partial charge in [-0.05, 0) is 19.3 Å². The molecule has 0 aliphatic rings. The molecule has 0 aliphatic heterocycles. The van der Waals surface area contributed by atoms with E-state index in [9.17, 15) is 9.90 Å². The summed E-state index contributed by atoms with van der Waals surface area (Å²) in [5.74, 6) is 0.150. The molecule has 0 amide bonds. The molecule has 0 aromatic carbocycles. The number of aliphatic hydroxyl groups is 1. The summed E-state index contributed by atoms with van der Waals surface area (Å²) >= 11 is 0. The fraction of sp³-hybridized carbons (Fsp3) is 0.923. The Balaban J connectivity index is 3.25. The standard InChI is InChI=1S/C13H26O2/c1-3-4-5-6-9-13(15)10-7-8-12(2)11-14/h11-13,15H,3-10H2,1-2H3/t12-,13+/m1/s1. The quantitative estimate of drug-likeness (QED) is 0.447. The van der Waals surface area contributed by atoms with E-state index in [1.165, 1.54) is 19.3 Å². The van der Waals surface area contributed by atoms with Crippen LogP contribution in [0.15, 0.2) is 0 Å². The number of rotatable bonds is 10. The zero-order chi connectivity index (χ0) is 11.5. The van der Waals surface area contributed by atoms with Gasteiger partial charge in [-0.1, -0.05) is 46.0 Å². The van der Waals surface area contributed by atoms with Crippen LogP contribution in [0.4, 0.5) is 0 Å². The van der Waals surface area contributed by atoms with Crippen LogP contribution in [-0.4, -0.2) is 17.5 Å². The molecule has 0 heterocycles. The predicted octanol–water partition coefficient (Wildman–Crippen LogP) is 3.32. The van der Waals surface area contributed by atoms with E-state index in [-0.39, 0.29) is 12.0 Å². The zero-order valence-corrected chi connectivity index (χ0v) is 10.2. The van der Waals surface area contributed by atoms with Crippen molar-refractivity contribution in [2.75, 3.05) is 0 Å². The van der Waals surface area contributed by atoms with Gasteiger partial charge in [0, 0.05) is 5.92 Å². The zero-order valence-electron chi connectivity index (χ0n) is 10.2. The van der Waals surface area contributed by atoms with E-state index in [2.05, 4.69) is 6.92 Å². The van der Waals surface area contributed by atoms with E-state index in [4.69, 9.17) is 0 Å². The highest BCUT2D eigenvalue weighted by molar-refractivity contribution is 5.52. The smallest absolute Gasteiger partial charge is 0.122 e. The Hall–Kier alpha value is -0.370. The molecule has 0 unspecified atom stereocenters. The van der Waals surface area contributed by atoms with Crippen molar-refractivity contribution in [3.8, 4) is 0 Å². The number of unbranched alkanes of at least 4 members (excludes halogenated alkanes) is 3. The van der Waals surface area contributed by atoms with Gasteiger partial charge in [0.1, 0.15) is 6.29 Å². The predicted molar refractivity (Wildman–Crippen MR) is 63.8 cm³/mol. The van der Waals surface area contributed by atoms with E-state index < -0.39 is 0 Å². The Morgan fingerprint density at radius 3 is 2.33 bits per heavy atom. The summed E-state index contributed by atoms with van der Waals surface area (Å²) in [6.07, 6.45) is 9.39. The molecule has 90 valence electrons. The molecule has 0 radical (unpaired) electrons. The second kappa shape index (κ2) is 10.2. The molecule has 2 nitrogen and oxygen atoms in total. The Bertz CT molecular complexity index is 145. The Labute approximate surface area is 94.1 Å². The Kier molecular flexibility index (Phi) is 9.91. The molecule has 15 heavy (non-hydrogen) atoms. The van der Waals surface area contributed by atoms with Gasteiger partial charge < -0.3 is 9.90 Å². The summed E-state index contributed by atoms with van der Waals surface area (Å²) in [5.41, 5.74) is 0. The Morgan fingerprint density at radius 1 is 1.07 bits per heavy atom. The molecule has 0 spiro atoms. The first-order chi connectivity index (χ1) is 7.20. The highest BCUT2D eigenvalue weighted by atomic mass is 16.3. The van der Waals surface area contributed by atoms with E-state index in [1.807, 2.05) is 6.92 Å². The van der Waals surface area contributed by atoms with Crippen molar-refractivity contribution in [2.45, 2.75) is 71.3 Å². The van der Waals surface area contributed by atoms with E-state index in [0.717, 1.165) is 38.4 Å². The fourth-order valence-corrected chi connectivity index (χ4v) is 1.69. The number of carbonyl (C=O) groups is 1. The lowest BCUT2D eigenvalue weighted by Crippen LogP contribution is -2.07. The van der Waals surface area contributed by atoms with Crippen LogP contribution in [0.5, 0.6) is 0 Å². The lowest BCUT2D eigenvalue weighted by molar-refractivity contribution is -0.110. The highest BCUT2D eigenvalue weighted by Crippen LogP contribution is 2.12. The number of aldehydes is 1. The van der Waals surface area contributed by atoms with Crippen LogP contribution in [0.3, 0.4) is 0 Å². The maximum Gasteiger partial charge on any atom is 0.122 e. The summed E-state index contributed by atoms with van der Waals surface area (Å²) in [7, 11) is 0. The van der Waals surface area contributed by atoms with E-state index in [1.54, 1.807) is 0 Å². The third-order valence-electron chi connectivity index (χ3n) is 2.82. The molecule has 0 rings (SSSR count). The summed E-state index contributed by atoms with van der Waals surface area (Å²) in [5, 5.41) is 9.65. The first kappa shape index (κ1) is 14.6. The third-order valence-corrected chi connectivity index (χ3v) is 2.82. The van der Waals surface area contributed by atoms with Crippen LogP contribution in [0.2, 0.25) is 0 Å². The molecule has 2 heteroatoms. The molecular weight excluding hydrogens is 188 g/mol. The van der Waals surface area contributed by atoms with Crippen molar-refractivity contribution in [1.29, 1.82) is 0 Å². The molecule has 1 N–H and O–H groups in total. The van der Waals surface area contributed by atoms with Crippen LogP contribution in [0.25, 0.3) is 0 Å². The van der Waals surface area contributed by atoms with Crippen LogP contribution < -0.4 is 0 Å². The maximum atomic E-state index is 10.4. The van der Waals surface area contributed by atoms with Gasteiger partial charge in [0.05, 0.1) is 6.10 Å². The van der Waals surface area contributed by atoms with Crippen molar-refractivity contribution >= 4 is 6.29 Å². The van der Waals surface area contributed by atoms with Gasteiger partial charge in [0.2, 0.25) is 0 Å². The summed E-state index contributed by atoms with van der Waals surface area (Å²) in [6.45, 7) is 4.12. The fourth-order valence-electron chi connectivity index (χ4n) is 1.69. The lowest BCUT2D eigenvalue weighted by Gasteiger charge is -2.10. The molecule has 2 atom stereocenters. The molecular formula is C13H26O2. The third kappa shape index (κ3) is 9.92. The molecule has 0 aromatic rings. The molecule has 0 saturated heterocycles. The summed E-state index contributed by atoms with van der Waals surface area (Å²) < 4.78 is 0. The van der Waals surface area contributed by atoms with Crippen LogP contribution in [0, 0.1) is 5.92 Å². The monoisotopic (exact) mass is 214 g/mol.